The molecule has 0 saturated heterocycles. The second-order valence-electron chi connectivity index (χ2n) is 12.5. The van der Waals surface area contributed by atoms with E-state index in [1.807, 2.05) is 11.3 Å². The van der Waals surface area contributed by atoms with Crippen LogP contribution in [-0.2, 0) is 0 Å². The van der Waals surface area contributed by atoms with E-state index in [1.54, 1.807) is 0 Å². The van der Waals surface area contributed by atoms with Crippen LogP contribution >= 0.6 is 11.3 Å². The van der Waals surface area contributed by atoms with E-state index in [1.165, 1.54) is 66.3 Å². The first-order chi connectivity index (χ1) is 21.8. The fraction of sp³-hybridized carbons (Fsp3) is 0.238. The summed E-state index contributed by atoms with van der Waals surface area (Å²) >= 11 is 1.98. The van der Waals surface area contributed by atoms with Crippen LogP contribution in [0.5, 0.6) is 0 Å². The average Bonchev–Trinajstić information content (AvgIpc) is 3.50. The molecule has 3 atom stereocenters. The predicted octanol–water partition coefficient (Wildman–Crippen LogP) is 9.68. The van der Waals surface area contributed by atoms with Crippen molar-refractivity contribution in [1.29, 1.82) is 0 Å². The molecule has 3 unspecified atom stereocenters. The molecule has 0 saturated carbocycles. The first kappa shape index (κ1) is 27.4. The molecule has 0 bridgehead atoms. The second kappa shape index (κ2) is 12.1. The maximum Gasteiger partial charge on any atom is 0.0557 e. The highest BCUT2D eigenvalue weighted by molar-refractivity contribution is 7.17. The van der Waals surface area contributed by atoms with Crippen LogP contribution in [0.4, 0.5) is 0 Å². The molecule has 218 valence electrons. The van der Waals surface area contributed by atoms with Crippen LogP contribution in [0, 0.1) is 11.8 Å². The maximum atomic E-state index is 2.71. The largest absolute Gasteiger partial charge is 0.337 e. The SMILES string of the molecule is C1=CCC(C2=CCC(N(C3=CCC(C4=CCCC=C4)C=C3)C3=c4sc5cccc(-c6ccccc6)c5c4=CCC3)C=C2)C=C1. The molecule has 0 N–H and O–H groups in total. The third-order valence-corrected chi connectivity index (χ3v) is 11.0. The smallest absolute Gasteiger partial charge is 0.0557 e. The van der Waals surface area contributed by atoms with Gasteiger partial charge in [0.25, 0.3) is 0 Å². The Labute approximate surface area is 265 Å². The minimum absolute atomic E-state index is 0.308. The van der Waals surface area contributed by atoms with Crippen molar-refractivity contribution >= 4 is 33.2 Å². The van der Waals surface area contributed by atoms with E-state index in [0.717, 1.165) is 32.1 Å². The molecule has 5 aliphatic carbocycles. The molecular weight excluding hydrogens is 551 g/mol. The molecular formula is C42H39NS. The van der Waals surface area contributed by atoms with Gasteiger partial charge in [0, 0.05) is 33.3 Å². The number of benzene rings is 2. The Morgan fingerprint density at radius 1 is 0.659 bits per heavy atom. The summed E-state index contributed by atoms with van der Waals surface area (Å²) in [5, 5.41) is 2.85. The summed E-state index contributed by atoms with van der Waals surface area (Å²) in [7, 11) is 0. The van der Waals surface area contributed by atoms with Crippen molar-refractivity contribution in [2.45, 2.75) is 51.0 Å². The number of rotatable bonds is 6. The number of fused-ring (bicyclic) bond motifs is 3. The molecule has 0 radical (unpaired) electrons. The third kappa shape index (κ3) is 5.16. The van der Waals surface area contributed by atoms with Gasteiger partial charge in [-0.3, -0.25) is 0 Å². The zero-order chi connectivity index (χ0) is 29.3. The van der Waals surface area contributed by atoms with E-state index in [9.17, 15) is 0 Å². The van der Waals surface area contributed by atoms with Gasteiger partial charge >= 0.3 is 0 Å². The molecule has 44 heavy (non-hydrogen) atoms. The minimum atomic E-state index is 0.308. The van der Waals surface area contributed by atoms with E-state index in [0.29, 0.717) is 17.9 Å². The number of hydrogen-bond acceptors (Lipinski definition) is 2. The van der Waals surface area contributed by atoms with E-state index < -0.39 is 0 Å². The number of hydrogen-bond donors (Lipinski definition) is 0. The molecule has 0 spiro atoms. The topological polar surface area (TPSA) is 3.24 Å². The Bertz CT molecular complexity index is 1950. The summed E-state index contributed by atoms with van der Waals surface area (Å²) in [4.78, 5) is 2.71. The lowest BCUT2D eigenvalue weighted by molar-refractivity contribution is 0.403. The molecule has 8 rings (SSSR count). The van der Waals surface area contributed by atoms with Gasteiger partial charge in [0.2, 0.25) is 0 Å². The first-order valence-electron chi connectivity index (χ1n) is 16.4. The fourth-order valence-electron chi connectivity index (χ4n) is 7.55. The Morgan fingerprint density at radius 3 is 2.34 bits per heavy atom. The van der Waals surface area contributed by atoms with Crippen molar-refractivity contribution in [3.63, 3.8) is 0 Å². The van der Waals surface area contributed by atoms with Gasteiger partial charge in [0.1, 0.15) is 0 Å². The zero-order valence-corrected chi connectivity index (χ0v) is 26.1. The van der Waals surface area contributed by atoms with Crippen molar-refractivity contribution in [3.8, 4) is 11.1 Å². The van der Waals surface area contributed by atoms with Gasteiger partial charge in [-0.1, -0.05) is 121 Å². The molecule has 3 aromatic rings. The van der Waals surface area contributed by atoms with E-state index >= 15 is 0 Å². The Kier molecular flexibility index (Phi) is 7.54. The van der Waals surface area contributed by atoms with E-state index in [4.69, 9.17) is 0 Å². The summed E-state index contributed by atoms with van der Waals surface area (Å²) in [6, 6.07) is 18.1. The molecule has 2 heteroatoms. The van der Waals surface area contributed by atoms with Crippen molar-refractivity contribution in [2.75, 3.05) is 0 Å². The fourth-order valence-corrected chi connectivity index (χ4v) is 8.85. The van der Waals surface area contributed by atoms with Gasteiger partial charge in [-0.15, -0.1) is 11.3 Å². The maximum absolute atomic E-state index is 2.71. The third-order valence-electron chi connectivity index (χ3n) is 9.78. The van der Waals surface area contributed by atoms with Crippen LogP contribution in [0.3, 0.4) is 0 Å². The van der Waals surface area contributed by atoms with Crippen LogP contribution in [0.1, 0.15) is 44.9 Å². The number of nitrogens with zero attached hydrogens (tertiary/aromatic N) is 1. The van der Waals surface area contributed by atoms with Gasteiger partial charge in [-0.25, -0.2) is 0 Å². The highest BCUT2D eigenvalue weighted by Crippen LogP contribution is 2.36. The van der Waals surface area contributed by atoms with Crippen molar-refractivity contribution in [3.05, 3.63) is 154 Å². The van der Waals surface area contributed by atoms with Gasteiger partial charge in [0.15, 0.2) is 0 Å². The quantitative estimate of drug-likeness (QED) is 0.277. The lowest BCUT2D eigenvalue weighted by atomic mass is 9.86. The van der Waals surface area contributed by atoms with E-state index in [-0.39, 0.29) is 0 Å². The summed E-state index contributed by atoms with van der Waals surface area (Å²) in [6.07, 6.45) is 41.1. The van der Waals surface area contributed by atoms with Gasteiger partial charge in [-0.05, 0) is 84.6 Å². The van der Waals surface area contributed by atoms with Crippen LogP contribution in [0.25, 0.3) is 33.0 Å². The zero-order valence-electron chi connectivity index (χ0n) is 25.2. The molecule has 2 aromatic carbocycles. The van der Waals surface area contributed by atoms with Crippen LogP contribution in [-0.4, -0.2) is 10.9 Å². The number of allylic oxidation sites excluding steroid dienone is 13. The Balaban J connectivity index is 1.22. The lowest BCUT2D eigenvalue weighted by Gasteiger charge is -2.38. The van der Waals surface area contributed by atoms with Crippen molar-refractivity contribution in [1.82, 2.24) is 4.90 Å². The molecule has 1 heterocycles. The van der Waals surface area contributed by atoms with Gasteiger partial charge in [-0.2, -0.15) is 0 Å². The highest BCUT2D eigenvalue weighted by Gasteiger charge is 2.28. The van der Waals surface area contributed by atoms with E-state index in [2.05, 4.69) is 138 Å². The molecule has 1 aromatic heterocycles. The van der Waals surface area contributed by atoms with Crippen LogP contribution < -0.4 is 9.75 Å². The molecule has 0 fully saturated rings. The average molecular weight is 590 g/mol. The summed E-state index contributed by atoms with van der Waals surface area (Å²) in [5.74, 6) is 0.981. The van der Waals surface area contributed by atoms with Gasteiger partial charge < -0.3 is 4.90 Å². The minimum Gasteiger partial charge on any atom is -0.337 e. The normalized spacial score (nSPS) is 24.0. The monoisotopic (exact) mass is 589 g/mol. The summed E-state index contributed by atoms with van der Waals surface area (Å²) < 4.78 is 2.84. The number of thiophene rings is 1. The lowest BCUT2D eigenvalue weighted by Crippen LogP contribution is -2.39. The summed E-state index contributed by atoms with van der Waals surface area (Å²) in [6.45, 7) is 0. The summed E-state index contributed by atoms with van der Waals surface area (Å²) in [5.41, 5.74) is 8.43. The Hall–Kier alpha value is -4.14. The van der Waals surface area contributed by atoms with Crippen molar-refractivity contribution in [2.24, 2.45) is 11.8 Å². The Morgan fingerprint density at radius 2 is 1.57 bits per heavy atom. The first-order valence-corrected chi connectivity index (χ1v) is 17.2. The standard InChI is InChI=1S/C42H39NS/c1-4-12-30(13-5-1)32-22-26-35(27-23-32)43(36-28-24-33(25-29-36)31-14-6-2-7-15-31)39-20-10-19-38-41-37(34-16-8-3-9-17-34)18-11-21-40(41)44-42(38)39/h1,3-6,8-9,11-12,14-19,21-24,26,28-30,33,35H,2,7,10,13,20,25,27H2. The molecule has 0 aliphatic heterocycles. The molecule has 1 nitrogen and oxygen atoms in total. The second-order valence-corrected chi connectivity index (χ2v) is 13.5. The molecule has 5 aliphatic rings. The highest BCUT2D eigenvalue weighted by atomic mass is 32.1. The molecule has 0 amide bonds. The van der Waals surface area contributed by atoms with Crippen LogP contribution in [0.2, 0.25) is 0 Å². The predicted molar refractivity (Wildman–Crippen MR) is 189 cm³/mol. The van der Waals surface area contributed by atoms with Gasteiger partial charge in [0.05, 0.1) is 10.6 Å². The van der Waals surface area contributed by atoms with Crippen LogP contribution in [0.15, 0.2) is 144 Å². The van der Waals surface area contributed by atoms with Crippen molar-refractivity contribution < 1.29 is 0 Å².